The van der Waals surface area contributed by atoms with Gasteiger partial charge in [-0.25, -0.2) is 9.13 Å². The zero-order chi connectivity index (χ0) is 23.4. The molecule has 0 unspecified atom stereocenters. The van der Waals surface area contributed by atoms with E-state index in [0.717, 1.165) is 13.1 Å². The van der Waals surface area contributed by atoms with Gasteiger partial charge in [0.1, 0.15) is 12.4 Å². The van der Waals surface area contributed by atoms with Gasteiger partial charge in [0.2, 0.25) is 0 Å². The third kappa shape index (κ3) is 11.9. The molecule has 2 nitrogen and oxygen atoms in total. The molecule has 33 heavy (non-hydrogen) atoms. The van der Waals surface area contributed by atoms with Crippen LogP contribution in [0.4, 0.5) is 0 Å². The maximum Gasteiger partial charge on any atom is 0.288 e. The van der Waals surface area contributed by atoms with Gasteiger partial charge in [0.15, 0.2) is 0 Å². The van der Waals surface area contributed by atoms with Crippen LogP contribution in [0.25, 0.3) is 11.4 Å². The van der Waals surface area contributed by atoms with E-state index in [0.29, 0.717) is 0 Å². The van der Waals surface area contributed by atoms with Crippen molar-refractivity contribution in [3.8, 4) is 11.4 Å². The summed E-state index contributed by atoms with van der Waals surface area (Å²) in [6.07, 6.45) is 29.7. The Morgan fingerprint density at radius 3 is 1.61 bits per heavy atom. The minimum absolute atomic E-state index is 1.14. The standard InChI is InChI=1S/C31H53N2/c1-3-5-7-9-11-12-13-14-16-18-23-27-33-29-28-32(26-22-17-15-10-8-6-4-2)31(33)30-24-20-19-21-25-30/h19-21,24-25,28-29H,3-18,22-23,26-27H2,1-2H3/q+1. The summed E-state index contributed by atoms with van der Waals surface area (Å²) in [7, 11) is 0. The Kier molecular flexibility index (Phi) is 15.8. The largest absolute Gasteiger partial charge is 0.288 e. The molecule has 0 fully saturated rings. The quantitative estimate of drug-likeness (QED) is 0.131. The minimum atomic E-state index is 1.14. The molecule has 1 aromatic carbocycles. The van der Waals surface area contributed by atoms with Crippen molar-refractivity contribution in [1.29, 1.82) is 0 Å². The molecule has 2 aromatic rings. The Morgan fingerprint density at radius 1 is 0.576 bits per heavy atom. The van der Waals surface area contributed by atoms with Crippen LogP contribution in [0.5, 0.6) is 0 Å². The van der Waals surface area contributed by atoms with E-state index in [-0.39, 0.29) is 0 Å². The molecule has 0 atom stereocenters. The van der Waals surface area contributed by atoms with Crippen LogP contribution in [0, 0.1) is 0 Å². The molecule has 1 aromatic heterocycles. The van der Waals surface area contributed by atoms with Crippen molar-refractivity contribution in [2.75, 3.05) is 0 Å². The zero-order valence-electron chi connectivity index (χ0n) is 22.1. The summed E-state index contributed by atoms with van der Waals surface area (Å²) >= 11 is 0. The topological polar surface area (TPSA) is 8.81 Å². The lowest BCUT2D eigenvalue weighted by atomic mass is 10.1. The molecule has 0 N–H and O–H groups in total. The van der Waals surface area contributed by atoms with Crippen LogP contribution in [0.2, 0.25) is 0 Å². The molecule has 0 saturated carbocycles. The molecule has 0 spiro atoms. The van der Waals surface area contributed by atoms with Crippen LogP contribution < -0.4 is 4.57 Å². The van der Waals surface area contributed by atoms with E-state index < -0.39 is 0 Å². The number of aromatic nitrogens is 2. The lowest BCUT2D eigenvalue weighted by molar-refractivity contribution is -0.686. The van der Waals surface area contributed by atoms with Gasteiger partial charge in [-0.05, 0) is 37.8 Å². The molecule has 0 aliphatic heterocycles. The number of rotatable bonds is 21. The van der Waals surface area contributed by atoms with Crippen LogP contribution >= 0.6 is 0 Å². The molecular formula is C31H53N2+. The van der Waals surface area contributed by atoms with Crippen molar-refractivity contribution in [2.24, 2.45) is 0 Å². The molecule has 186 valence electrons. The van der Waals surface area contributed by atoms with Gasteiger partial charge in [-0.1, -0.05) is 122 Å². The van der Waals surface area contributed by atoms with Crippen molar-refractivity contribution in [3.63, 3.8) is 0 Å². The summed E-state index contributed by atoms with van der Waals surface area (Å²) in [6.45, 7) is 6.88. The Balaban J connectivity index is 1.72. The van der Waals surface area contributed by atoms with Gasteiger partial charge < -0.3 is 0 Å². The van der Waals surface area contributed by atoms with Crippen LogP contribution in [0.3, 0.4) is 0 Å². The lowest BCUT2D eigenvalue weighted by Crippen LogP contribution is -2.34. The van der Waals surface area contributed by atoms with Gasteiger partial charge >= 0.3 is 0 Å². The van der Waals surface area contributed by atoms with Gasteiger partial charge in [0.25, 0.3) is 5.82 Å². The smallest absolute Gasteiger partial charge is 0.230 e. The first-order valence-electron chi connectivity index (χ1n) is 14.5. The number of imidazole rings is 1. The summed E-state index contributed by atoms with van der Waals surface area (Å²) in [5, 5.41) is 0. The molecular weight excluding hydrogens is 400 g/mol. The number of benzene rings is 1. The van der Waals surface area contributed by atoms with Crippen molar-refractivity contribution >= 4 is 0 Å². The fraction of sp³-hybridized carbons (Fsp3) is 0.710. The predicted molar refractivity (Wildman–Crippen MR) is 145 cm³/mol. The molecule has 0 saturated heterocycles. The lowest BCUT2D eigenvalue weighted by Gasteiger charge is -2.07. The monoisotopic (exact) mass is 453 g/mol. The summed E-state index contributed by atoms with van der Waals surface area (Å²) in [5.41, 5.74) is 1.36. The van der Waals surface area contributed by atoms with E-state index in [9.17, 15) is 0 Å². The summed E-state index contributed by atoms with van der Waals surface area (Å²) in [6, 6.07) is 11.0. The summed E-state index contributed by atoms with van der Waals surface area (Å²) in [5.74, 6) is 1.40. The highest BCUT2D eigenvalue weighted by atomic mass is 15.1. The molecule has 0 bridgehead atoms. The number of hydrogen-bond donors (Lipinski definition) is 0. The van der Waals surface area contributed by atoms with Gasteiger partial charge in [-0.3, -0.25) is 0 Å². The average molecular weight is 454 g/mol. The minimum Gasteiger partial charge on any atom is -0.230 e. The Hall–Kier alpha value is -1.57. The van der Waals surface area contributed by atoms with Crippen molar-refractivity contribution in [1.82, 2.24) is 4.57 Å². The van der Waals surface area contributed by atoms with Crippen molar-refractivity contribution in [3.05, 3.63) is 42.7 Å². The van der Waals surface area contributed by atoms with Crippen LogP contribution in [-0.4, -0.2) is 4.57 Å². The van der Waals surface area contributed by atoms with Gasteiger partial charge in [0, 0.05) is 0 Å². The molecule has 2 heteroatoms. The van der Waals surface area contributed by atoms with Crippen molar-refractivity contribution < 1.29 is 4.57 Å². The summed E-state index contributed by atoms with van der Waals surface area (Å²) < 4.78 is 5.00. The number of nitrogens with zero attached hydrogens (tertiary/aromatic N) is 2. The maximum absolute atomic E-state index is 2.50. The van der Waals surface area contributed by atoms with Gasteiger partial charge in [-0.15, -0.1) is 0 Å². The maximum atomic E-state index is 2.50. The Bertz CT molecular complexity index is 688. The highest BCUT2D eigenvalue weighted by Crippen LogP contribution is 2.18. The Morgan fingerprint density at radius 2 is 1.06 bits per heavy atom. The average Bonchev–Trinajstić information content (AvgIpc) is 3.25. The molecule has 0 amide bonds. The van der Waals surface area contributed by atoms with E-state index in [1.807, 2.05) is 0 Å². The van der Waals surface area contributed by atoms with Crippen LogP contribution in [0.1, 0.15) is 129 Å². The van der Waals surface area contributed by atoms with E-state index in [1.165, 1.54) is 127 Å². The molecule has 0 radical (unpaired) electrons. The predicted octanol–water partition coefficient (Wildman–Crippen LogP) is 9.50. The first-order valence-corrected chi connectivity index (χ1v) is 14.5. The third-order valence-corrected chi connectivity index (χ3v) is 7.01. The molecule has 0 aliphatic carbocycles. The number of hydrogen-bond acceptors (Lipinski definition) is 0. The molecule has 0 aliphatic rings. The fourth-order valence-electron chi connectivity index (χ4n) is 4.93. The van der Waals surface area contributed by atoms with Crippen molar-refractivity contribution in [2.45, 2.75) is 143 Å². The fourth-order valence-corrected chi connectivity index (χ4v) is 4.93. The summed E-state index contributed by atoms with van der Waals surface area (Å²) in [4.78, 5) is 0. The second-order valence-corrected chi connectivity index (χ2v) is 10.0. The first kappa shape index (κ1) is 27.7. The second kappa shape index (κ2) is 18.8. The van der Waals surface area contributed by atoms with Gasteiger partial charge in [0.05, 0.1) is 18.7 Å². The normalized spacial score (nSPS) is 11.3. The molecule has 2 rings (SSSR count). The zero-order valence-corrected chi connectivity index (χ0v) is 22.1. The third-order valence-electron chi connectivity index (χ3n) is 7.01. The second-order valence-electron chi connectivity index (χ2n) is 10.0. The van der Waals surface area contributed by atoms with E-state index in [1.54, 1.807) is 0 Å². The van der Waals surface area contributed by atoms with Crippen LogP contribution in [0.15, 0.2) is 42.7 Å². The highest BCUT2D eigenvalue weighted by Gasteiger charge is 2.18. The van der Waals surface area contributed by atoms with E-state index in [2.05, 4.69) is 65.7 Å². The Labute approximate surface area is 205 Å². The van der Waals surface area contributed by atoms with Crippen LogP contribution in [-0.2, 0) is 13.1 Å². The number of aryl methyl sites for hydroxylation is 2. The SMILES string of the molecule is CCCCCCCCCCCCCn1cc[n+](CCCCCCCCC)c1-c1ccccc1. The number of unbranched alkanes of at least 4 members (excludes halogenated alkanes) is 16. The van der Waals surface area contributed by atoms with Gasteiger partial charge in [-0.2, -0.15) is 0 Å². The van der Waals surface area contributed by atoms with E-state index >= 15 is 0 Å². The molecule has 1 heterocycles. The van der Waals surface area contributed by atoms with E-state index in [4.69, 9.17) is 0 Å². The highest BCUT2D eigenvalue weighted by molar-refractivity contribution is 5.52. The first-order chi connectivity index (χ1) is 16.4.